The second-order valence-corrected chi connectivity index (χ2v) is 6.22. The van der Waals surface area contributed by atoms with Gasteiger partial charge in [0.25, 0.3) is 5.69 Å². The molecule has 5 nitrogen and oxygen atoms in total. The molecule has 1 aromatic rings. The van der Waals surface area contributed by atoms with Crippen LogP contribution in [0.2, 0.25) is 0 Å². The Morgan fingerprint density at radius 1 is 1.37 bits per heavy atom. The summed E-state index contributed by atoms with van der Waals surface area (Å²) in [6.45, 7) is 0.730. The number of aliphatic hydroxyl groups is 1. The van der Waals surface area contributed by atoms with Crippen molar-refractivity contribution in [3.8, 4) is 0 Å². The lowest BCUT2D eigenvalue weighted by Gasteiger charge is -2.25. The van der Waals surface area contributed by atoms with Crippen LogP contribution in [0.25, 0.3) is 0 Å². The first-order valence-electron chi connectivity index (χ1n) is 6.42. The number of nitro groups is 1. The van der Waals surface area contributed by atoms with Crippen LogP contribution in [0.4, 0.5) is 11.4 Å². The third-order valence-electron chi connectivity index (χ3n) is 3.55. The van der Waals surface area contributed by atoms with Crippen molar-refractivity contribution in [1.82, 2.24) is 0 Å². The minimum atomic E-state index is -0.352. The molecule has 104 valence electrons. The average Bonchev–Trinajstić information content (AvgIpc) is 2.39. The van der Waals surface area contributed by atoms with Gasteiger partial charge in [-0.1, -0.05) is 0 Å². The molecule has 2 rings (SSSR count). The summed E-state index contributed by atoms with van der Waals surface area (Å²) < 4.78 is 0.857. The van der Waals surface area contributed by atoms with Crippen molar-refractivity contribution < 1.29 is 10.0 Å². The Bertz CT molecular complexity index is 459. The fraction of sp³-hybridized carbons (Fsp3) is 0.538. The van der Waals surface area contributed by atoms with Crippen LogP contribution in [0.5, 0.6) is 0 Å². The molecule has 0 unspecified atom stereocenters. The van der Waals surface area contributed by atoms with E-state index < -0.39 is 0 Å². The molecule has 1 fully saturated rings. The highest BCUT2D eigenvalue weighted by atomic mass is 127. The summed E-state index contributed by atoms with van der Waals surface area (Å²) in [6.07, 6.45) is 3.46. The molecule has 1 aromatic carbocycles. The molecule has 1 saturated carbocycles. The number of nitro benzene ring substituents is 1. The number of nitrogens with zero attached hydrogens (tertiary/aromatic N) is 1. The maximum absolute atomic E-state index is 11.0. The Morgan fingerprint density at radius 3 is 2.68 bits per heavy atom. The summed E-state index contributed by atoms with van der Waals surface area (Å²) in [5.41, 5.74) is 0.708. The van der Waals surface area contributed by atoms with Crippen LogP contribution in [0, 0.1) is 19.6 Å². The van der Waals surface area contributed by atoms with Crippen LogP contribution in [0.15, 0.2) is 18.2 Å². The summed E-state index contributed by atoms with van der Waals surface area (Å²) in [6, 6.07) is 5.20. The summed E-state index contributed by atoms with van der Waals surface area (Å²) >= 11 is 2.07. The van der Waals surface area contributed by atoms with Gasteiger partial charge < -0.3 is 10.4 Å². The van der Waals surface area contributed by atoms with E-state index in [9.17, 15) is 15.2 Å². The lowest BCUT2D eigenvalue weighted by molar-refractivity contribution is -0.384. The largest absolute Gasteiger partial charge is 0.393 e. The molecule has 0 aromatic heterocycles. The van der Waals surface area contributed by atoms with E-state index in [1.165, 1.54) is 0 Å². The van der Waals surface area contributed by atoms with Gasteiger partial charge in [0.1, 0.15) is 5.69 Å². The van der Waals surface area contributed by atoms with Crippen molar-refractivity contribution in [2.75, 3.05) is 11.9 Å². The summed E-state index contributed by atoms with van der Waals surface area (Å²) in [5, 5.41) is 23.6. The highest BCUT2D eigenvalue weighted by molar-refractivity contribution is 14.1. The summed E-state index contributed by atoms with van der Waals surface area (Å²) in [5.74, 6) is 0.488. The Hall–Kier alpha value is -0.890. The second-order valence-electron chi connectivity index (χ2n) is 4.97. The Kier molecular flexibility index (Phi) is 4.98. The molecule has 0 atom stereocenters. The van der Waals surface area contributed by atoms with E-state index in [4.69, 9.17) is 0 Å². The Balaban J connectivity index is 1.97. The number of hydrogen-bond acceptors (Lipinski definition) is 4. The van der Waals surface area contributed by atoms with Crippen molar-refractivity contribution in [3.63, 3.8) is 0 Å². The monoisotopic (exact) mass is 376 g/mol. The van der Waals surface area contributed by atoms with Crippen LogP contribution in [0.1, 0.15) is 25.7 Å². The van der Waals surface area contributed by atoms with Crippen LogP contribution >= 0.6 is 22.6 Å². The molecule has 1 aliphatic carbocycles. The van der Waals surface area contributed by atoms with Crippen molar-refractivity contribution in [2.45, 2.75) is 31.8 Å². The van der Waals surface area contributed by atoms with Crippen LogP contribution < -0.4 is 5.32 Å². The minimum absolute atomic E-state index is 0.128. The van der Waals surface area contributed by atoms with Gasteiger partial charge in [0.15, 0.2) is 0 Å². The van der Waals surface area contributed by atoms with Gasteiger partial charge in [0.2, 0.25) is 0 Å². The van der Waals surface area contributed by atoms with Gasteiger partial charge in [-0.15, -0.1) is 0 Å². The summed E-state index contributed by atoms with van der Waals surface area (Å²) in [4.78, 5) is 10.6. The number of hydrogen-bond donors (Lipinski definition) is 2. The van der Waals surface area contributed by atoms with Gasteiger partial charge >= 0.3 is 0 Å². The molecule has 0 bridgehead atoms. The molecule has 6 heteroatoms. The molecule has 0 aliphatic heterocycles. The van der Waals surface area contributed by atoms with Gasteiger partial charge in [-0.3, -0.25) is 10.1 Å². The standard InChI is InChI=1S/C13H17IN2O3/c14-10-3-6-12(13(7-10)16(18)19)15-8-9-1-4-11(17)5-2-9/h3,6-7,9,11,15,17H,1-2,4-5,8H2. The van der Waals surface area contributed by atoms with E-state index in [0.717, 1.165) is 35.8 Å². The zero-order chi connectivity index (χ0) is 13.8. The van der Waals surface area contributed by atoms with E-state index >= 15 is 0 Å². The normalized spacial score (nSPS) is 23.1. The molecular weight excluding hydrogens is 359 g/mol. The molecule has 0 spiro atoms. The number of halogens is 1. The molecule has 1 aliphatic rings. The Morgan fingerprint density at radius 2 is 2.05 bits per heavy atom. The van der Waals surface area contributed by atoms with E-state index in [-0.39, 0.29) is 16.7 Å². The van der Waals surface area contributed by atoms with Crippen LogP contribution in [-0.2, 0) is 0 Å². The molecule has 2 N–H and O–H groups in total. The maximum atomic E-state index is 11.0. The molecule has 0 saturated heterocycles. The average molecular weight is 376 g/mol. The highest BCUT2D eigenvalue weighted by Crippen LogP contribution is 2.29. The number of anilines is 1. The first kappa shape index (κ1) is 14.5. The fourth-order valence-electron chi connectivity index (χ4n) is 2.41. The van der Waals surface area contributed by atoms with E-state index in [1.807, 2.05) is 6.07 Å². The van der Waals surface area contributed by atoms with Crippen molar-refractivity contribution in [3.05, 3.63) is 31.9 Å². The highest BCUT2D eigenvalue weighted by Gasteiger charge is 2.20. The molecule has 0 radical (unpaired) electrons. The lowest BCUT2D eigenvalue weighted by Crippen LogP contribution is -2.23. The quantitative estimate of drug-likeness (QED) is 0.481. The van der Waals surface area contributed by atoms with E-state index in [0.29, 0.717) is 11.6 Å². The van der Waals surface area contributed by atoms with Crippen molar-refractivity contribution in [2.24, 2.45) is 5.92 Å². The van der Waals surface area contributed by atoms with E-state index in [1.54, 1.807) is 12.1 Å². The number of nitrogens with one attached hydrogen (secondary N) is 1. The minimum Gasteiger partial charge on any atom is -0.393 e. The van der Waals surface area contributed by atoms with Gasteiger partial charge in [0, 0.05) is 16.2 Å². The molecular formula is C13H17IN2O3. The predicted molar refractivity (Wildman–Crippen MR) is 82.3 cm³/mol. The van der Waals surface area contributed by atoms with Gasteiger partial charge in [-0.25, -0.2) is 0 Å². The van der Waals surface area contributed by atoms with Crippen molar-refractivity contribution in [1.29, 1.82) is 0 Å². The van der Waals surface area contributed by atoms with Crippen LogP contribution in [-0.4, -0.2) is 22.7 Å². The van der Waals surface area contributed by atoms with Gasteiger partial charge in [-0.2, -0.15) is 0 Å². The first-order chi connectivity index (χ1) is 9.06. The van der Waals surface area contributed by atoms with Gasteiger partial charge in [-0.05, 0) is 66.3 Å². The molecule has 19 heavy (non-hydrogen) atoms. The zero-order valence-corrected chi connectivity index (χ0v) is 12.7. The van der Waals surface area contributed by atoms with Crippen molar-refractivity contribution >= 4 is 34.0 Å². The second kappa shape index (κ2) is 6.51. The number of rotatable bonds is 4. The SMILES string of the molecule is O=[N+]([O-])c1cc(I)ccc1NCC1CCC(O)CC1. The summed E-state index contributed by atoms with van der Waals surface area (Å²) in [7, 11) is 0. The number of aliphatic hydroxyl groups excluding tert-OH is 1. The number of benzene rings is 1. The fourth-order valence-corrected chi connectivity index (χ4v) is 2.88. The predicted octanol–water partition coefficient (Wildman–Crippen LogP) is 3.16. The maximum Gasteiger partial charge on any atom is 0.293 e. The van der Waals surface area contributed by atoms with E-state index in [2.05, 4.69) is 27.9 Å². The topological polar surface area (TPSA) is 75.4 Å². The smallest absolute Gasteiger partial charge is 0.293 e. The van der Waals surface area contributed by atoms with Crippen LogP contribution in [0.3, 0.4) is 0 Å². The third kappa shape index (κ3) is 4.04. The molecule has 0 amide bonds. The third-order valence-corrected chi connectivity index (χ3v) is 4.22. The zero-order valence-electron chi connectivity index (χ0n) is 10.5. The molecule has 0 heterocycles. The first-order valence-corrected chi connectivity index (χ1v) is 7.50. The lowest BCUT2D eigenvalue weighted by atomic mass is 9.87. The van der Waals surface area contributed by atoms with Gasteiger partial charge in [0.05, 0.1) is 11.0 Å². The Labute approximate surface area is 125 Å².